The fraction of sp³-hybridized carbons (Fsp3) is 0.455. The van der Waals surface area contributed by atoms with Crippen molar-refractivity contribution in [3.05, 3.63) is 28.8 Å². The number of halogens is 1. The Kier molecular flexibility index (Phi) is 5.91. The SMILES string of the molecule is COc1ccc(CNCCCS)c(Cl)c1. The molecule has 0 fully saturated rings. The molecule has 0 saturated heterocycles. The molecule has 0 spiro atoms. The van der Waals surface area contributed by atoms with Crippen molar-refractivity contribution >= 4 is 24.2 Å². The Hall–Kier alpha value is -0.380. The number of benzene rings is 1. The highest BCUT2D eigenvalue weighted by molar-refractivity contribution is 7.80. The fourth-order valence-corrected chi connectivity index (χ4v) is 1.62. The van der Waals surface area contributed by atoms with Crippen LogP contribution in [0.15, 0.2) is 18.2 Å². The molecule has 0 aliphatic rings. The van der Waals surface area contributed by atoms with Gasteiger partial charge in [0.1, 0.15) is 5.75 Å². The first-order valence-electron chi connectivity index (χ1n) is 4.92. The van der Waals surface area contributed by atoms with Gasteiger partial charge in [-0.25, -0.2) is 0 Å². The molecule has 1 rings (SSSR count). The van der Waals surface area contributed by atoms with Gasteiger partial charge in [-0.15, -0.1) is 0 Å². The van der Waals surface area contributed by atoms with Crippen LogP contribution in [0.25, 0.3) is 0 Å². The lowest BCUT2D eigenvalue weighted by Crippen LogP contribution is -2.15. The zero-order valence-electron chi connectivity index (χ0n) is 8.79. The summed E-state index contributed by atoms with van der Waals surface area (Å²) in [5.41, 5.74) is 1.09. The molecule has 0 aromatic heterocycles. The summed E-state index contributed by atoms with van der Waals surface area (Å²) in [4.78, 5) is 0. The van der Waals surface area contributed by atoms with E-state index in [1.165, 1.54) is 0 Å². The van der Waals surface area contributed by atoms with E-state index in [-0.39, 0.29) is 0 Å². The Labute approximate surface area is 101 Å². The lowest BCUT2D eigenvalue weighted by Gasteiger charge is -2.07. The van der Waals surface area contributed by atoms with E-state index in [9.17, 15) is 0 Å². The van der Waals surface area contributed by atoms with Crippen LogP contribution in [-0.4, -0.2) is 19.4 Å². The quantitative estimate of drug-likeness (QED) is 0.594. The van der Waals surface area contributed by atoms with Gasteiger partial charge in [-0.1, -0.05) is 17.7 Å². The number of rotatable bonds is 6. The molecule has 0 atom stereocenters. The van der Waals surface area contributed by atoms with Crippen LogP contribution in [0.1, 0.15) is 12.0 Å². The van der Waals surface area contributed by atoms with Gasteiger partial charge in [0.25, 0.3) is 0 Å². The molecule has 0 aliphatic carbocycles. The first-order chi connectivity index (χ1) is 7.27. The molecule has 2 nitrogen and oxygen atoms in total. The van der Waals surface area contributed by atoms with Crippen LogP contribution in [0.5, 0.6) is 5.75 Å². The van der Waals surface area contributed by atoms with E-state index in [2.05, 4.69) is 17.9 Å². The molecule has 84 valence electrons. The third-order valence-corrected chi connectivity index (χ3v) is 2.76. The first-order valence-corrected chi connectivity index (χ1v) is 5.93. The molecule has 0 unspecified atom stereocenters. The van der Waals surface area contributed by atoms with E-state index >= 15 is 0 Å². The molecule has 15 heavy (non-hydrogen) atoms. The van der Waals surface area contributed by atoms with Crippen LogP contribution in [-0.2, 0) is 6.54 Å². The minimum atomic E-state index is 0.743. The standard InChI is InChI=1S/C11H16ClNOS/c1-14-10-4-3-9(11(12)7-10)8-13-5-2-6-15/h3-4,7,13,15H,2,5-6,8H2,1H3. The Bertz CT molecular complexity index is 307. The summed E-state index contributed by atoms with van der Waals surface area (Å²) in [6, 6.07) is 5.73. The normalized spacial score (nSPS) is 10.3. The van der Waals surface area contributed by atoms with Crippen molar-refractivity contribution in [1.82, 2.24) is 5.32 Å². The van der Waals surface area contributed by atoms with E-state index in [0.717, 1.165) is 41.6 Å². The van der Waals surface area contributed by atoms with E-state index in [1.54, 1.807) is 7.11 Å². The van der Waals surface area contributed by atoms with E-state index in [4.69, 9.17) is 16.3 Å². The summed E-state index contributed by atoms with van der Waals surface area (Å²) in [5.74, 6) is 1.70. The molecule has 0 heterocycles. The number of methoxy groups -OCH3 is 1. The Morgan fingerprint density at radius 3 is 2.87 bits per heavy atom. The van der Waals surface area contributed by atoms with Gasteiger partial charge < -0.3 is 10.1 Å². The van der Waals surface area contributed by atoms with Gasteiger partial charge in [-0.2, -0.15) is 12.6 Å². The number of thiol groups is 1. The number of hydrogen-bond acceptors (Lipinski definition) is 3. The number of ether oxygens (including phenoxy) is 1. The average Bonchev–Trinajstić information content (AvgIpc) is 2.26. The van der Waals surface area contributed by atoms with E-state index < -0.39 is 0 Å². The average molecular weight is 246 g/mol. The molecule has 0 radical (unpaired) electrons. The summed E-state index contributed by atoms with van der Waals surface area (Å²) in [6.45, 7) is 1.75. The van der Waals surface area contributed by atoms with Crippen molar-refractivity contribution in [2.24, 2.45) is 0 Å². The van der Waals surface area contributed by atoms with Crippen LogP contribution in [0.4, 0.5) is 0 Å². The van der Waals surface area contributed by atoms with Crippen LogP contribution in [0.3, 0.4) is 0 Å². The van der Waals surface area contributed by atoms with Gasteiger partial charge in [0.2, 0.25) is 0 Å². The predicted octanol–water partition coefficient (Wildman–Crippen LogP) is 2.76. The second-order valence-corrected chi connectivity index (χ2v) is 4.07. The van der Waals surface area contributed by atoms with Gasteiger partial charge in [-0.3, -0.25) is 0 Å². The Morgan fingerprint density at radius 2 is 2.27 bits per heavy atom. The summed E-state index contributed by atoms with van der Waals surface area (Å²) in [7, 11) is 1.64. The minimum Gasteiger partial charge on any atom is -0.497 e. The highest BCUT2D eigenvalue weighted by atomic mass is 35.5. The maximum atomic E-state index is 6.09. The molecule has 0 saturated carbocycles. The maximum Gasteiger partial charge on any atom is 0.120 e. The molecule has 0 bridgehead atoms. The first kappa shape index (κ1) is 12.7. The molecule has 0 amide bonds. The highest BCUT2D eigenvalue weighted by Gasteiger charge is 2.01. The monoisotopic (exact) mass is 245 g/mol. The zero-order valence-corrected chi connectivity index (χ0v) is 10.4. The van der Waals surface area contributed by atoms with E-state index in [0.29, 0.717) is 0 Å². The number of nitrogens with one attached hydrogen (secondary N) is 1. The summed E-state index contributed by atoms with van der Waals surface area (Å²) >= 11 is 10.2. The van der Waals surface area contributed by atoms with Crippen LogP contribution < -0.4 is 10.1 Å². The van der Waals surface area contributed by atoms with Gasteiger partial charge in [-0.05, 0) is 36.4 Å². The number of hydrogen-bond donors (Lipinski definition) is 2. The zero-order chi connectivity index (χ0) is 11.1. The minimum absolute atomic E-state index is 0.743. The Balaban J connectivity index is 2.47. The van der Waals surface area contributed by atoms with Gasteiger partial charge in [0.05, 0.1) is 7.11 Å². The molecule has 1 aromatic carbocycles. The molecule has 4 heteroatoms. The molecule has 1 aromatic rings. The maximum absolute atomic E-state index is 6.09. The van der Waals surface area contributed by atoms with Crippen molar-refractivity contribution < 1.29 is 4.74 Å². The van der Waals surface area contributed by atoms with Crippen molar-refractivity contribution in [2.75, 3.05) is 19.4 Å². The van der Waals surface area contributed by atoms with Crippen LogP contribution >= 0.6 is 24.2 Å². The Morgan fingerprint density at radius 1 is 1.47 bits per heavy atom. The molecular weight excluding hydrogens is 230 g/mol. The largest absolute Gasteiger partial charge is 0.497 e. The molecule has 0 aliphatic heterocycles. The smallest absolute Gasteiger partial charge is 0.120 e. The summed E-state index contributed by atoms with van der Waals surface area (Å²) in [5, 5.41) is 4.05. The fourth-order valence-electron chi connectivity index (χ4n) is 1.23. The van der Waals surface area contributed by atoms with Gasteiger partial charge in [0, 0.05) is 11.6 Å². The second kappa shape index (κ2) is 6.99. The molecule has 1 N–H and O–H groups in total. The predicted molar refractivity (Wildman–Crippen MR) is 68.2 cm³/mol. The third kappa shape index (κ3) is 4.33. The lowest BCUT2D eigenvalue weighted by molar-refractivity contribution is 0.414. The lowest BCUT2D eigenvalue weighted by atomic mass is 10.2. The van der Waals surface area contributed by atoms with Crippen molar-refractivity contribution in [3.63, 3.8) is 0 Å². The highest BCUT2D eigenvalue weighted by Crippen LogP contribution is 2.21. The van der Waals surface area contributed by atoms with Gasteiger partial charge in [0.15, 0.2) is 0 Å². The summed E-state index contributed by atoms with van der Waals surface area (Å²) in [6.07, 6.45) is 1.07. The van der Waals surface area contributed by atoms with Crippen LogP contribution in [0, 0.1) is 0 Å². The van der Waals surface area contributed by atoms with Gasteiger partial charge >= 0.3 is 0 Å². The second-order valence-electron chi connectivity index (χ2n) is 3.21. The topological polar surface area (TPSA) is 21.3 Å². The third-order valence-electron chi connectivity index (χ3n) is 2.09. The van der Waals surface area contributed by atoms with Crippen LogP contribution in [0.2, 0.25) is 5.02 Å². The van der Waals surface area contributed by atoms with Crippen molar-refractivity contribution in [2.45, 2.75) is 13.0 Å². The van der Waals surface area contributed by atoms with Crippen molar-refractivity contribution in [1.29, 1.82) is 0 Å². The van der Waals surface area contributed by atoms with Crippen molar-refractivity contribution in [3.8, 4) is 5.75 Å². The molecular formula is C11H16ClNOS. The van der Waals surface area contributed by atoms with E-state index in [1.807, 2.05) is 18.2 Å². The summed E-state index contributed by atoms with van der Waals surface area (Å²) < 4.78 is 5.08.